The molecule has 0 aliphatic rings. The topological polar surface area (TPSA) is 18.5 Å². The van der Waals surface area contributed by atoms with Crippen LogP contribution in [-0.4, -0.2) is 7.11 Å². The van der Waals surface area contributed by atoms with Crippen molar-refractivity contribution in [3.63, 3.8) is 0 Å². The van der Waals surface area contributed by atoms with E-state index in [9.17, 15) is 8.78 Å². The number of hydrogen-bond donors (Lipinski definition) is 0. The van der Waals surface area contributed by atoms with E-state index < -0.39 is 5.82 Å². The molecule has 3 aromatic rings. The molecule has 0 atom stereocenters. The maximum absolute atomic E-state index is 14.1. The molecule has 0 amide bonds. The zero-order valence-electron chi connectivity index (χ0n) is 17.0. The Labute approximate surface area is 171 Å². The van der Waals surface area contributed by atoms with Crippen molar-refractivity contribution in [2.24, 2.45) is 0 Å². The molecule has 0 N–H and O–H groups in total. The smallest absolute Gasteiger partial charge is 0.165 e. The van der Waals surface area contributed by atoms with Crippen LogP contribution in [0.3, 0.4) is 0 Å². The van der Waals surface area contributed by atoms with Crippen molar-refractivity contribution >= 4 is 0 Å². The molecule has 0 saturated heterocycles. The van der Waals surface area contributed by atoms with Gasteiger partial charge >= 0.3 is 0 Å². The molecule has 0 spiro atoms. The van der Waals surface area contributed by atoms with Gasteiger partial charge in [-0.15, -0.1) is 0 Å². The monoisotopic (exact) mass is 396 g/mol. The summed E-state index contributed by atoms with van der Waals surface area (Å²) in [6, 6.07) is 18.6. The molecule has 29 heavy (non-hydrogen) atoms. The third-order valence-electron chi connectivity index (χ3n) is 5.18. The van der Waals surface area contributed by atoms with Gasteiger partial charge in [0.2, 0.25) is 0 Å². The number of ether oxygens (including phenoxy) is 2. The Bertz CT molecular complexity index is 932. The number of benzene rings is 3. The van der Waals surface area contributed by atoms with E-state index in [1.54, 1.807) is 19.2 Å². The quantitative estimate of drug-likeness (QED) is 0.405. The predicted molar refractivity (Wildman–Crippen MR) is 112 cm³/mol. The summed E-state index contributed by atoms with van der Waals surface area (Å²) in [7, 11) is 1.66. The first-order chi connectivity index (χ1) is 13.9. The van der Waals surface area contributed by atoms with Gasteiger partial charge in [-0.3, -0.25) is 0 Å². The van der Waals surface area contributed by atoms with Gasteiger partial charge in [0.15, 0.2) is 11.6 Å². The first kappa shape index (κ1) is 20.8. The van der Waals surface area contributed by atoms with Crippen molar-refractivity contribution in [3.05, 3.63) is 89.5 Å². The van der Waals surface area contributed by atoms with Crippen LogP contribution in [0.5, 0.6) is 17.2 Å². The summed E-state index contributed by atoms with van der Waals surface area (Å²) in [6.45, 7) is 4.45. The van der Waals surface area contributed by atoms with E-state index in [4.69, 9.17) is 9.47 Å². The van der Waals surface area contributed by atoms with Crippen molar-refractivity contribution in [1.29, 1.82) is 0 Å². The Kier molecular flexibility index (Phi) is 6.53. The molecular formula is C25H26F2O2. The second kappa shape index (κ2) is 9.08. The Morgan fingerprint density at radius 2 is 1.48 bits per heavy atom. The van der Waals surface area contributed by atoms with E-state index in [-0.39, 0.29) is 17.0 Å². The Hall–Kier alpha value is -2.88. The van der Waals surface area contributed by atoms with E-state index in [1.807, 2.05) is 12.1 Å². The summed E-state index contributed by atoms with van der Waals surface area (Å²) in [4.78, 5) is 0. The molecule has 3 rings (SSSR count). The molecule has 4 heteroatoms. The van der Waals surface area contributed by atoms with Gasteiger partial charge in [-0.05, 0) is 84.3 Å². The van der Waals surface area contributed by atoms with Crippen LogP contribution < -0.4 is 9.47 Å². The number of hydrogen-bond acceptors (Lipinski definition) is 2. The highest BCUT2D eigenvalue weighted by molar-refractivity contribution is 5.36. The zero-order valence-corrected chi connectivity index (χ0v) is 17.0. The van der Waals surface area contributed by atoms with Gasteiger partial charge in [0.05, 0.1) is 7.11 Å². The third kappa shape index (κ3) is 5.57. The second-order valence-corrected chi connectivity index (χ2v) is 7.79. The Balaban J connectivity index is 1.62. The summed E-state index contributed by atoms with van der Waals surface area (Å²) in [5, 5.41) is 0. The molecule has 3 aromatic carbocycles. The highest BCUT2D eigenvalue weighted by Gasteiger charge is 2.20. The van der Waals surface area contributed by atoms with Gasteiger partial charge in [0.1, 0.15) is 17.3 Å². The first-order valence-electron chi connectivity index (χ1n) is 9.74. The number of aryl methyl sites for hydroxylation is 1. The minimum Gasteiger partial charge on any atom is -0.497 e. The van der Waals surface area contributed by atoms with Crippen LogP contribution in [0, 0.1) is 11.6 Å². The first-order valence-corrected chi connectivity index (χ1v) is 9.74. The highest BCUT2D eigenvalue weighted by atomic mass is 19.1. The number of halogens is 2. The largest absolute Gasteiger partial charge is 0.497 e. The molecular weight excluding hydrogens is 370 g/mol. The predicted octanol–water partition coefficient (Wildman–Crippen LogP) is 7.07. The lowest BCUT2D eigenvalue weighted by atomic mass is 9.80. The molecule has 0 fully saturated rings. The molecule has 2 nitrogen and oxygen atoms in total. The molecule has 0 aliphatic carbocycles. The Morgan fingerprint density at radius 3 is 2.14 bits per heavy atom. The van der Waals surface area contributed by atoms with Crippen molar-refractivity contribution in [3.8, 4) is 17.2 Å². The molecule has 0 aromatic heterocycles. The second-order valence-electron chi connectivity index (χ2n) is 7.79. The van der Waals surface area contributed by atoms with Crippen LogP contribution in [0.1, 0.15) is 37.8 Å². The summed E-state index contributed by atoms with van der Waals surface area (Å²) in [5.41, 5.74) is 2.30. The van der Waals surface area contributed by atoms with E-state index in [2.05, 4.69) is 26.0 Å². The molecule has 0 saturated carbocycles. The minimum atomic E-state index is -0.434. The standard InChI is InChI=1S/C25H26F2O2/c1-25(2,19-7-11-21(28-3)12-8-19)16-4-5-18-6-15-23(27)24(17-18)29-22-13-9-20(26)10-14-22/h6-15,17H,4-5,16H2,1-3H3. The highest BCUT2D eigenvalue weighted by Crippen LogP contribution is 2.31. The van der Waals surface area contributed by atoms with Crippen LogP contribution >= 0.6 is 0 Å². The van der Waals surface area contributed by atoms with Crippen molar-refractivity contribution in [2.45, 2.75) is 38.5 Å². The lowest BCUT2D eigenvalue weighted by Gasteiger charge is -2.25. The average molecular weight is 396 g/mol. The van der Waals surface area contributed by atoms with Gasteiger partial charge < -0.3 is 9.47 Å². The van der Waals surface area contributed by atoms with Crippen molar-refractivity contribution in [1.82, 2.24) is 0 Å². The van der Waals surface area contributed by atoms with Crippen molar-refractivity contribution < 1.29 is 18.3 Å². The number of methoxy groups -OCH3 is 1. The lowest BCUT2D eigenvalue weighted by molar-refractivity contribution is 0.413. The maximum atomic E-state index is 14.1. The van der Waals surface area contributed by atoms with Crippen LogP contribution in [0.4, 0.5) is 8.78 Å². The normalized spacial score (nSPS) is 11.3. The lowest BCUT2D eigenvalue weighted by Crippen LogP contribution is -2.17. The van der Waals surface area contributed by atoms with Crippen LogP contribution in [0.15, 0.2) is 66.7 Å². The van der Waals surface area contributed by atoms with Crippen LogP contribution in [-0.2, 0) is 11.8 Å². The SMILES string of the molecule is COc1ccc(C(C)(C)CCCc2ccc(F)c(Oc3ccc(F)cc3)c2)cc1. The fraction of sp³-hybridized carbons (Fsp3) is 0.280. The maximum Gasteiger partial charge on any atom is 0.165 e. The minimum absolute atomic E-state index is 0.0275. The van der Waals surface area contributed by atoms with Crippen LogP contribution in [0.2, 0.25) is 0 Å². The van der Waals surface area contributed by atoms with E-state index in [1.165, 1.54) is 35.9 Å². The zero-order chi connectivity index (χ0) is 20.9. The van der Waals surface area contributed by atoms with Crippen molar-refractivity contribution in [2.75, 3.05) is 7.11 Å². The third-order valence-corrected chi connectivity index (χ3v) is 5.18. The van der Waals surface area contributed by atoms with Gasteiger partial charge in [-0.1, -0.05) is 32.0 Å². The summed E-state index contributed by atoms with van der Waals surface area (Å²) >= 11 is 0. The van der Waals surface area contributed by atoms with Gasteiger partial charge in [0, 0.05) is 0 Å². The van der Waals surface area contributed by atoms with E-state index >= 15 is 0 Å². The molecule has 0 bridgehead atoms. The molecule has 0 heterocycles. The fourth-order valence-electron chi connectivity index (χ4n) is 3.33. The summed E-state index contributed by atoms with van der Waals surface area (Å²) in [6.07, 6.45) is 2.77. The van der Waals surface area contributed by atoms with Gasteiger partial charge in [0.25, 0.3) is 0 Å². The van der Waals surface area contributed by atoms with Gasteiger partial charge in [-0.25, -0.2) is 8.78 Å². The fourth-order valence-corrected chi connectivity index (χ4v) is 3.33. The number of rotatable bonds is 8. The molecule has 0 unspecified atom stereocenters. The average Bonchev–Trinajstić information content (AvgIpc) is 2.72. The Morgan fingerprint density at radius 1 is 0.828 bits per heavy atom. The molecule has 152 valence electrons. The molecule has 0 aliphatic heterocycles. The summed E-state index contributed by atoms with van der Waals surface area (Å²) in [5.74, 6) is 0.624. The molecule has 0 radical (unpaired) electrons. The summed E-state index contributed by atoms with van der Waals surface area (Å²) < 4.78 is 38.0. The van der Waals surface area contributed by atoms with Gasteiger partial charge in [-0.2, -0.15) is 0 Å². The van der Waals surface area contributed by atoms with E-state index in [0.29, 0.717) is 5.75 Å². The van der Waals surface area contributed by atoms with E-state index in [0.717, 1.165) is 30.6 Å². The van der Waals surface area contributed by atoms with Crippen LogP contribution in [0.25, 0.3) is 0 Å².